The van der Waals surface area contributed by atoms with Gasteiger partial charge >= 0.3 is 5.97 Å². The third kappa shape index (κ3) is 3.60. The standard InChI is InChI=1S/C17H18FNO2/c1-11-4-6-14(8-12(11)2)19-10-13-5-7-15(16(18)9-13)17(20)21-3/h4-9,19H,10H2,1-3H3. The maximum atomic E-state index is 13.8. The molecule has 2 aromatic carbocycles. The fourth-order valence-corrected chi connectivity index (χ4v) is 2.00. The molecule has 0 heterocycles. The topological polar surface area (TPSA) is 38.3 Å². The van der Waals surface area contributed by atoms with Crippen molar-refractivity contribution in [2.45, 2.75) is 20.4 Å². The van der Waals surface area contributed by atoms with Crippen LogP contribution in [0.2, 0.25) is 0 Å². The van der Waals surface area contributed by atoms with Gasteiger partial charge in [0, 0.05) is 12.2 Å². The molecule has 110 valence electrons. The minimum absolute atomic E-state index is 0.0487. The number of methoxy groups -OCH3 is 1. The molecular weight excluding hydrogens is 269 g/mol. The second-order valence-corrected chi connectivity index (χ2v) is 4.96. The summed E-state index contributed by atoms with van der Waals surface area (Å²) >= 11 is 0. The lowest BCUT2D eigenvalue weighted by atomic mass is 10.1. The van der Waals surface area contributed by atoms with E-state index in [9.17, 15) is 9.18 Å². The number of carbonyl (C=O) groups excluding carboxylic acids is 1. The molecule has 2 aromatic rings. The van der Waals surface area contributed by atoms with Gasteiger partial charge in [0.1, 0.15) is 5.82 Å². The first-order chi connectivity index (χ1) is 10.0. The van der Waals surface area contributed by atoms with Gasteiger partial charge in [-0.2, -0.15) is 0 Å². The molecule has 0 radical (unpaired) electrons. The normalized spacial score (nSPS) is 10.3. The van der Waals surface area contributed by atoms with Crippen LogP contribution < -0.4 is 5.32 Å². The molecule has 0 fully saturated rings. The predicted molar refractivity (Wildman–Crippen MR) is 81.0 cm³/mol. The van der Waals surface area contributed by atoms with Crippen LogP contribution in [-0.2, 0) is 11.3 Å². The number of nitrogens with one attached hydrogen (secondary N) is 1. The summed E-state index contributed by atoms with van der Waals surface area (Å²) in [7, 11) is 1.23. The molecule has 0 spiro atoms. The first-order valence-electron chi connectivity index (χ1n) is 6.69. The smallest absolute Gasteiger partial charge is 0.340 e. The van der Waals surface area contributed by atoms with Crippen LogP contribution in [0.25, 0.3) is 0 Å². The lowest BCUT2D eigenvalue weighted by Gasteiger charge is -2.10. The maximum absolute atomic E-state index is 13.8. The van der Waals surface area contributed by atoms with Gasteiger partial charge in [-0.1, -0.05) is 12.1 Å². The van der Waals surface area contributed by atoms with E-state index in [2.05, 4.69) is 23.0 Å². The number of halogens is 1. The summed E-state index contributed by atoms with van der Waals surface area (Å²) < 4.78 is 18.3. The number of carbonyl (C=O) groups is 1. The summed E-state index contributed by atoms with van der Waals surface area (Å²) in [4.78, 5) is 11.3. The van der Waals surface area contributed by atoms with Crippen molar-refractivity contribution in [3.8, 4) is 0 Å². The van der Waals surface area contributed by atoms with Gasteiger partial charge in [-0.3, -0.25) is 0 Å². The largest absolute Gasteiger partial charge is 0.465 e. The summed E-state index contributed by atoms with van der Waals surface area (Å²) in [5.41, 5.74) is 4.13. The van der Waals surface area contributed by atoms with Gasteiger partial charge in [0.15, 0.2) is 0 Å². The zero-order chi connectivity index (χ0) is 15.4. The first-order valence-corrected chi connectivity index (χ1v) is 6.69. The van der Waals surface area contributed by atoms with Crippen molar-refractivity contribution in [3.63, 3.8) is 0 Å². The van der Waals surface area contributed by atoms with Crippen molar-refractivity contribution >= 4 is 11.7 Å². The van der Waals surface area contributed by atoms with Crippen LogP contribution in [0.3, 0.4) is 0 Å². The van der Waals surface area contributed by atoms with Gasteiger partial charge in [-0.15, -0.1) is 0 Å². The van der Waals surface area contributed by atoms with Crippen molar-refractivity contribution in [2.24, 2.45) is 0 Å². The molecule has 0 bridgehead atoms. The molecule has 1 N–H and O–H groups in total. The molecular formula is C17H18FNO2. The molecule has 0 saturated carbocycles. The van der Waals surface area contributed by atoms with E-state index in [1.165, 1.54) is 30.4 Å². The number of ether oxygens (including phenoxy) is 1. The Morgan fingerprint density at radius 1 is 1.14 bits per heavy atom. The minimum Gasteiger partial charge on any atom is -0.465 e. The predicted octanol–water partition coefficient (Wildman–Crippen LogP) is 3.84. The van der Waals surface area contributed by atoms with Gasteiger partial charge in [-0.05, 0) is 54.8 Å². The monoisotopic (exact) mass is 287 g/mol. The van der Waals surface area contributed by atoms with Gasteiger partial charge in [0.25, 0.3) is 0 Å². The number of aryl methyl sites for hydroxylation is 2. The van der Waals surface area contributed by atoms with Crippen LogP contribution >= 0.6 is 0 Å². The number of esters is 1. The Morgan fingerprint density at radius 2 is 1.90 bits per heavy atom. The zero-order valence-corrected chi connectivity index (χ0v) is 12.4. The fourth-order valence-electron chi connectivity index (χ4n) is 2.00. The number of anilines is 1. The molecule has 0 aliphatic rings. The quantitative estimate of drug-likeness (QED) is 0.868. The minimum atomic E-state index is -0.666. The SMILES string of the molecule is COC(=O)c1ccc(CNc2ccc(C)c(C)c2)cc1F. The Hall–Kier alpha value is -2.36. The van der Waals surface area contributed by atoms with E-state index < -0.39 is 11.8 Å². The number of hydrogen-bond donors (Lipinski definition) is 1. The Kier molecular flexibility index (Phi) is 4.58. The second-order valence-electron chi connectivity index (χ2n) is 4.96. The molecule has 0 aliphatic heterocycles. The first kappa shape index (κ1) is 15.0. The number of benzene rings is 2. The van der Waals surface area contributed by atoms with Crippen molar-refractivity contribution < 1.29 is 13.9 Å². The van der Waals surface area contributed by atoms with Crippen molar-refractivity contribution in [3.05, 3.63) is 64.5 Å². The summed E-state index contributed by atoms with van der Waals surface area (Å²) in [5, 5.41) is 3.24. The third-order valence-corrected chi connectivity index (χ3v) is 3.44. The lowest BCUT2D eigenvalue weighted by Crippen LogP contribution is -2.06. The van der Waals surface area contributed by atoms with Crippen molar-refractivity contribution in [2.75, 3.05) is 12.4 Å². The van der Waals surface area contributed by atoms with Crippen LogP contribution in [0.15, 0.2) is 36.4 Å². The Morgan fingerprint density at radius 3 is 2.52 bits per heavy atom. The average Bonchev–Trinajstić information content (AvgIpc) is 2.48. The molecule has 0 atom stereocenters. The van der Waals surface area contributed by atoms with Gasteiger partial charge in [0.05, 0.1) is 12.7 Å². The molecule has 0 saturated heterocycles. The molecule has 2 rings (SSSR count). The highest BCUT2D eigenvalue weighted by atomic mass is 19.1. The second kappa shape index (κ2) is 6.39. The Bertz CT molecular complexity index is 668. The lowest BCUT2D eigenvalue weighted by molar-refractivity contribution is 0.0595. The van der Waals surface area contributed by atoms with E-state index in [1.807, 2.05) is 19.1 Å². The van der Waals surface area contributed by atoms with E-state index in [0.717, 1.165) is 11.3 Å². The van der Waals surface area contributed by atoms with Crippen molar-refractivity contribution in [1.29, 1.82) is 0 Å². The molecule has 0 unspecified atom stereocenters. The molecule has 21 heavy (non-hydrogen) atoms. The van der Waals surface area contributed by atoms with E-state index >= 15 is 0 Å². The third-order valence-electron chi connectivity index (χ3n) is 3.44. The highest BCUT2D eigenvalue weighted by Crippen LogP contribution is 2.16. The summed E-state index contributed by atoms with van der Waals surface area (Å²) in [6.07, 6.45) is 0. The molecule has 0 amide bonds. The van der Waals surface area contributed by atoms with Gasteiger partial charge < -0.3 is 10.1 Å². The van der Waals surface area contributed by atoms with Crippen LogP contribution in [0.5, 0.6) is 0 Å². The summed E-state index contributed by atoms with van der Waals surface area (Å²) in [6, 6.07) is 10.6. The van der Waals surface area contributed by atoms with Crippen LogP contribution in [0.1, 0.15) is 27.0 Å². The fraction of sp³-hybridized carbons (Fsp3) is 0.235. The van der Waals surface area contributed by atoms with Crippen LogP contribution in [-0.4, -0.2) is 13.1 Å². The van der Waals surface area contributed by atoms with E-state index in [0.29, 0.717) is 6.54 Å². The van der Waals surface area contributed by atoms with Gasteiger partial charge in [-0.25, -0.2) is 9.18 Å². The summed E-state index contributed by atoms with van der Waals surface area (Å²) in [6.45, 7) is 4.59. The number of rotatable bonds is 4. The Balaban J connectivity index is 2.08. The van der Waals surface area contributed by atoms with E-state index in [-0.39, 0.29) is 5.56 Å². The van der Waals surface area contributed by atoms with Crippen LogP contribution in [0, 0.1) is 19.7 Å². The molecule has 0 aliphatic carbocycles. The average molecular weight is 287 g/mol. The molecule has 0 aromatic heterocycles. The van der Waals surface area contributed by atoms with E-state index in [4.69, 9.17) is 0 Å². The van der Waals surface area contributed by atoms with Crippen molar-refractivity contribution in [1.82, 2.24) is 0 Å². The maximum Gasteiger partial charge on any atom is 0.340 e. The summed E-state index contributed by atoms with van der Waals surface area (Å²) in [5.74, 6) is -1.23. The highest BCUT2D eigenvalue weighted by molar-refractivity contribution is 5.89. The Labute approximate surface area is 123 Å². The molecule has 3 nitrogen and oxygen atoms in total. The van der Waals surface area contributed by atoms with Gasteiger partial charge in [0.2, 0.25) is 0 Å². The zero-order valence-electron chi connectivity index (χ0n) is 12.4. The highest BCUT2D eigenvalue weighted by Gasteiger charge is 2.12. The van der Waals surface area contributed by atoms with E-state index in [1.54, 1.807) is 6.07 Å². The van der Waals surface area contributed by atoms with Crippen LogP contribution in [0.4, 0.5) is 10.1 Å². The number of hydrogen-bond acceptors (Lipinski definition) is 3. The molecule has 4 heteroatoms.